The van der Waals surface area contributed by atoms with E-state index in [2.05, 4.69) is 34.7 Å². The van der Waals surface area contributed by atoms with Gasteiger partial charge in [-0.05, 0) is 74.9 Å². The molecule has 0 spiro atoms. The van der Waals surface area contributed by atoms with Gasteiger partial charge in [0.2, 0.25) is 17.7 Å². The summed E-state index contributed by atoms with van der Waals surface area (Å²) >= 11 is 7.87. The third kappa shape index (κ3) is 6.14. The van der Waals surface area contributed by atoms with Gasteiger partial charge in [0.05, 0.1) is 24.3 Å². The number of benzene rings is 3. The summed E-state index contributed by atoms with van der Waals surface area (Å²) < 4.78 is 8.05. The summed E-state index contributed by atoms with van der Waals surface area (Å²) in [5.41, 5.74) is 4.28. The van der Waals surface area contributed by atoms with Gasteiger partial charge in [-0.3, -0.25) is 43.7 Å². The van der Waals surface area contributed by atoms with Gasteiger partial charge in [0, 0.05) is 44.9 Å². The normalized spacial score (nSPS) is 17.9. The topological polar surface area (TPSA) is 165 Å². The van der Waals surface area contributed by atoms with Gasteiger partial charge < -0.3 is 10.1 Å². The fourth-order valence-electron chi connectivity index (χ4n) is 7.26. The Morgan fingerprint density at radius 2 is 1.80 bits per heavy atom. The zero-order valence-corrected chi connectivity index (χ0v) is 31.1. The van der Waals surface area contributed by atoms with E-state index in [0.717, 1.165) is 37.2 Å². The molecule has 3 aromatic carbocycles. The fraction of sp³-hybridized carbons (Fsp3) is 0.282. The number of fused-ring (bicyclic) bond motifs is 3. The highest BCUT2D eigenvalue weighted by atomic mass is 35.5. The fourth-order valence-corrected chi connectivity index (χ4v) is 8.60. The van der Waals surface area contributed by atoms with Crippen molar-refractivity contribution in [3.05, 3.63) is 104 Å². The molecule has 2 N–H and O–H groups in total. The molecule has 0 saturated carbocycles. The summed E-state index contributed by atoms with van der Waals surface area (Å²) in [5, 5.41) is 16.8. The van der Waals surface area contributed by atoms with E-state index in [1.807, 2.05) is 35.8 Å². The lowest BCUT2D eigenvalue weighted by Crippen LogP contribution is -2.57. The number of carbonyl (C=O) groups is 5. The van der Waals surface area contributed by atoms with Crippen LogP contribution in [0.2, 0.25) is 5.02 Å². The van der Waals surface area contributed by atoms with Crippen molar-refractivity contribution in [2.45, 2.75) is 58.5 Å². The van der Waals surface area contributed by atoms with E-state index in [1.165, 1.54) is 0 Å². The molecule has 8 rings (SSSR count). The number of nitrogens with zero attached hydrogens (tertiary/aromatic N) is 5. The molecule has 2 aromatic heterocycles. The van der Waals surface area contributed by atoms with Crippen LogP contribution in [0.5, 0.6) is 5.75 Å². The lowest BCUT2D eigenvalue weighted by atomic mass is 9.91. The molecule has 5 amide bonds. The van der Waals surface area contributed by atoms with Crippen LogP contribution in [0.3, 0.4) is 0 Å². The molecule has 3 aliphatic rings. The first-order valence-corrected chi connectivity index (χ1v) is 18.7. The van der Waals surface area contributed by atoms with E-state index >= 15 is 0 Å². The Morgan fingerprint density at radius 3 is 2.57 bits per heavy atom. The van der Waals surface area contributed by atoms with Gasteiger partial charge in [-0.2, -0.15) is 0 Å². The van der Waals surface area contributed by atoms with Gasteiger partial charge in [0.15, 0.2) is 5.82 Å². The predicted molar refractivity (Wildman–Crippen MR) is 202 cm³/mol. The van der Waals surface area contributed by atoms with Crippen LogP contribution >= 0.6 is 22.9 Å². The second kappa shape index (κ2) is 13.9. The minimum atomic E-state index is -1.09. The van der Waals surface area contributed by atoms with Crippen LogP contribution in [-0.2, 0) is 14.4 Å². The number of imide groups is 2. The van der Waals surface area contributed by atoms with E-state index in [0.29, 0.717) is 51.7 Å². The third-order valence-electron chi connectivity index (χ3n) is 10.0. The summed E-state index contributed by atoms with van der Waals surface area (Å²) in [6.45, 7) is 6.59. The van der Waals surface area contributed by atoms with Crippen molar-refractivity contribution in [3.8, 4) is 10.8 Å². The molecular formula is C39H34ClN7O6S. The summed E-state index contributed by atoms with van der Waals surface area (Å²) in [5.74, 6) is -0.827. The van der Waals surface area contributed by atoms with Crippen LogP contribution in [0.15, 0.2) is 59.6 Å². The molecule has 1 unspecified atom stereocenters. The minimum Gasteiger partial charge on any atom is -0.493 e. The van der Waals surface area contributed by atoms with E-state index in [-0.39, 0.29) is 37.3 Å². The molecule has 5 aromatic rings. The Labute approximate surface area is 318 Å². The van der Waals surface area contributed by atoms with Crippen LogP contribution in [0.25, 0.3) is 15.8 Å². The summed E-state index contributed by atoms with van der Waals surface area (Å²) in [4.78, 5) is 72.2. The van der Waals surface area contributed by atoms with Crippen LogP contribution in [0.4, 0.5) is 0 Å². The number of rotatable bonds is 9. The van der Waals surface area contributed by atoms with Gasteiger partial charge in [-0.1, -0.05) is 35.9 Å². The molecular weight excluding hydrogens is 730 g/mol. The van der Waals surface area contributed by atoms with Crippen molar-refractivity contribution in [2.75, 3.05) is 13.2 Å². The van der Waals surface area contributed by atoms with Gasteiger partial charge in [-0.25, -0.2) is 0 Å². The second-order valence-corrected chi connectivity index (χ2v) is 15.1. The quantitative estimate of drug-likeness (QED) is 0.150. The van der Waals surface area contributed by atoms with E-state index in [4.69, 9.17) is 21.3 Å². The average Bonchev–Trinajstić information content (AvgIpc) is 3.63. The lowest BCUT2D eigenvalue weighted by molar-refractivity contribution is -0.136. The maximum Gasteiger partial charge on any atom is 0.262 e. The van der Waals surface area contributed by atoms with Crippen LogP contribution in [-0.4, -0.2) is 74.1 Å². The number of hydrogen-bond donors (Lipinski definition) is 2. The Kier molecular flexibility index (Phi) is 9.10. The van der Waals surface area contributed by atoms with E-state index in [1.54, 1.807) is 41.7 Å². The molecule has 13 nitrogen and oxygen atoms in total. The van der Waals surface area contributed by atoms with Crippen molar-refractivity contribution >= 4 is 69.0 Å². The van der Waals surface area contributed by atoms with E-state index in [9.17, 15) is 24.0 Å². The highest BCUT2D eigenvalue weighted by molar-refractivity contribution is 7.15. The monoisotopic (exact) mass is 763 g/mol. The number of aliphatic imine (C=N–C) groups is 1. The Morgan fingerprint density at radius 1 is 1.02 bits per heavy atom. The Balaban J connectivity index is 0.957. The van der Waals surface area contributed by atoms with Gasteiger partial charge >= 0.3 is 0 Å². The number of aryl methyl sites for hydroxylation is 2. The molecule has 54 heavy (non-hydrogen) atoms. The molecule has 0 bridgehead atoms. The van der Waals surface area contributed by atoms with Crippen molar-refractivity contribution in [1.29, 1.82) is 0 Å². The number of thiophene rings is 1. The van der Waals surface area contributed by atoms with Gasteiger partial charge in [0.25, 0.3) is 11.8 Å². The zero-order chi connectivity index (χ0) is 37.8. The third-order valence-corrected chi connectivity index (χ3v) is 11.5. The number of ether oxygens (including phenoxy) is 1. The first kappa shape index (κ1) is 35.3. The average molecular weight is 764 g/mol. The number of aromatic nitrogens is 3. The number of piperidine rings is 1. The maximum absolute atomic E-state index is 13.7. The Hall–Kier alpha value is -5.73. The van der Waals surface area contributed by atoms with Crippen molar-refractivity contribution in [3.63, 3.8) is 0 Å². The number of halogens is 1. The molecule has 1 saturated heterocycles. The molecule has 0 aliphatic carbocycles. The summed E-state index contributed by atoms with van der Waals surface area (Å²) in [6.07, 6.45) is 0.590. The number of carbonyl (C=O) groups excluding carboxylic acids is 5. The smallest absolute Gasteiger partial charge is 0.262 e. The SMILES string of the molecule is Cc1sc2c(c1C)C(c1ccc(Cl)cc1)=N[C@@H](CC(=O)NCCCOc1cc3c4c(cccc4c1)C(=O)N(C1CCC(=O)NC1=O)C3=O)c1nnc(C)n1-2. The molecule has 274 valence electrons. The number of amides is 5. The number of hydrogen-bond acceptors (Lipinski definition) is 10. The van der Waals surface area contributed by atoms with Crippen LogP contribution < -0.4 is 15.4 Å². The first-order valence-electron chi connectivity index (χ1n) is 17.5. The van der Waals surface area contributed by atoms with Crippen LogP contribution in [0, 0.1) is 20.8 Å². The number of nitrogens with one attached hydrogen (secondary N) is 2. The summed E-state index contributed by atoms with van der Waals surface area (Å²) in [7, 11) is 0. The van der Waals surface area contributed by atoms with Gasteiger partial charge in [0.1, 0.15) is 28.7 Å². The zero-order valence-electron chi connectivity index (χ0n) is 29.6. The standard InChI is InChI=1S/C39H34ClN7O6S/c1-19-20(2)54-39-32(19)34(22-8-10-24(40)11-9-22)42-28(35-45-44-21(3)46(35)39)18-31(49)41-14-5-15-53-25-16-23-6-4-7-26-33(23)27(17-25)38(52)47(37(26)51)29-12-13-30(48)43-36(29)50/h4,6-11,16-17,28-29H,5,12-15,18H2,1-3H3,(H,41,49)(H,43,48,50)/t28-,29?/m0/s1. The first-order chi connectivity index (χ1) is 26.0. The lowest BCUT2D eigenvalue weighted by Gasteiger charge is -2.34. The molecule has 1 fully saturated rings. The Bertz CT molecular complexity index is 2450. The highest BCUT2D eigenvalue weighted by Crippen LogP contribution is 2.40. The van der Waals surface area contributed by atoms with Crippen LogP contribution in [0.1, 0.15) is 85.7 Å². The second-order valence-electron chi connectivity index (χ2n) is 13.5. The molecule has 5 heterocycles. The van der Waals surface area contributed by atoms with Crippen molar-refractivity contribution < 1.29 is 28.7 Å². The predicted octanol–water partition coefficient (Wildman–Crippen LogP) is 5.33. The molecule has 0 radical (unpaired) electrons. The molecule has 3 aliphatic heterocycles. The molecule has 15 heteroatoms. The summed E-state index contributed by atoms with van der Waals surface area (Å²) in [6, 6.07) is 14.3. The van der Waals surface area contributed by atoms with Crippen molar-refractivity contribution in [1.82, 2.24) is 30.3 Å². The van der Waals surface area contributed by atoms with Crippen molar-refractivity contribution in [2.24, 2.45) is 4.99 Å². The maximum atomic E-state index is 13.7. The van der Waals surface area contributed by atoms with Gasteiger partial charge in [-0.15, -0.1) is 21.5 Å². The minimum absolute atomic E-state index is 0.0268. The highest BCUT2D eigenvalue weighted by Gasteiger charge is 2.43. The largest absolute Gasteiger partial charge is 0.493 e. The molecule has 2 atom stereocenters. The van der Waals surface area contributed by atoms with E-state index < -0.39 is 35.7 Å².